The number of Topliss-reactive ketones (excluding diaryl/α,β-unsaturated/α-hetero) is 1. The van der Waals surface area contributed by atoms with E-state index in [1.54, 1.807) is 18.3 Å². The number of hydrogen-bond acceptors (Lipinski definition) is 5. The molecule has 1 aliphatic heterocycles. The number of aliphatic imine (C=N–C) groups is 1. The summed E-state index contributed by atoms with van der Waals surface area (Å²) < 4.78 is 8.35. The van der Waals surface area contributed by atoms with Crippen LogP contribution in [0.15, 0.2) is 70.3 Å². The molecule has 1 aromatic heterocycles. The number of allylic oxidation sites excluding steroid dienone is 4. The molecule has 0 spiro atoms. The molecule has 0 unspecified atom stereocenters. The molecule has 0 atom stereocenters. The van der Waals surface area contributed by atoms with Crippen molar-refractivity contribution in [1.82, 2.24) is 4.98 Å². The van der Waals surface area contributed by atoms with Crippen molar-refractivity contribution < 1.29 is 19.2 Å². The molecule has 2 aromatic rings. The fraction of sp³-hybridized carbons (Fsp3) is 0.333. The normalized spacial score (nSPS) is 17.9. The minimum atomic E-state index is -0.254. The number of aryl methyl sites for hydroxylation is 1. The van der Waals surface area contributed by atoms with Crippen molar-refractivity contribution in [1.29, 1.82) is 0 Å². The first kappa shape index (κ1) is 23.8. The van der Waals surface area contributed by atoms with Crippen LogP contribution in [0.1, 0.15) is 55.0 Å². The first-order chi connectivity index (χ1) is 16.5. The van der Waals surface area contributed by atoms with Gasteiger partial charge in [0.2, 0.25) is 17.3 Å². The van der Waals surface area contributed by atoms with Crippen LogP contribution in [0.3, 0.4) is 0 Å². The van der Waals surface area contributed by atoms with Gasteiger partial charge in [-0.2, -0.15) is 0 Å². The number of thiazole rings is 1. The highest BCUT2D eigenvalue weighted by Gasteiger charge is 2.44. The minimum absolute atomic E-state index is 0.0666. The summed E-state index contributed by atoms with van der Waals surface area (Å²) in [6.07, 6.45) is 9.32. The molecule has 1 aliphatic carbocycles. The molecule has 176 valence electrons. The fourth-order valence-corrected chi connectivity index (χ4v) is 4.47. The van der Waals surface area contributed by atoms with E-state index in [1.807, 2.05) is 37.3 Å². The maximum atomic E-state index is 13.1. The third-order valence-corrected chi connectivity index (χ3v) is 6.60. The van der Waals surface area contributed by atoms with Gasteiger partial charge in [-0.15, -0.1) is 11.3 Å². The molecule has 34 heavy (non-hydrogen) atoms. The molecule has 0 radical (unpaired) electrons. The van der Waals surface area contributed by atoms with Gasteiger partial charge in [0, 0.05) is 21.6 Å². The standard InChI is InChI=1S/C27H29N3O3S/c1-4-6-15-30(16-7-5-2)27-29-23(19-11-9-8-10-12-19)26(33-27)22-24(31)20(25(22)32)13-14-21-28-17-18(3)34-21/h8-14,17H,4-7,15-16H2,1-3H3/p+1. The average molecular weight is 477 g/mol. The lowest BCUT2D eigenvalue weighted by atomic mass is 9.85. The Bertz CT molecular complexity index is 1220. The van der Waals surface area contributed by atoms with E-state index in [0.717, 1.165) is 54.2 Å². The fourth-order valence-electron chi connectivity index (χ4n) is 3.80. The van der Waals surface area contributed by atoms with Crippen LogP contribution in [0.5, 0.6) is 0 Å². The highest BCUT2D eigenvalue weighted by Crippen LogP contribution is 2.36. The van der Waals surface area contributed by atoms with E-state index in [9.17, 15) is 9.90 Å². The number of carbonyl (C=O) groups is 1. The van der Waals surface area contributed by atoms with Gasteiger partial charge in [-0.05, 0) is 31.9 Å². The van der Waals surface area contributed by atoms with Gasteiger partial charge < -0.3 is 9.84 Å². The zero-order valence-electron chi connectivity index (χ0n) is 19.9. The number of carbonyl (C=O) groups excluding carboxylic acids is 1. The maximum Gasteiger partial charge on any atom is 0.499 e. The van der Waals surface area contributed by atoms with Gasteiger partial charge in [0.05, 0.1) is 18.7 Å². The molecule has 0 bridgehead atoms. The van der Waals surface area contributed by atoms with Crippen LogP contribution in [0, 0.1) is 6.92 Å². The molecule has 0 saturated heterocycles. The third kappa shape index (κ3) is 4.94. The molecule has 2 aliphatic rings. The number of ether oxygens (including phenoxy) is 1. The second-order valence-electron chi connectivity index (χ2n) is 8.34. The van der Waals surface area contributed by atoms with Gasteiger partial charge in [-0.1, -0.05) is 57.0 Å². The Kier molecular flexibility index (Phi) is 7.53. The summed E-state index contributed by atoms with van der Waals surface area (Å²) in [5, 5.41) is 11.6. The van der Waals surface area contributed by atoms with Crippen LogP contribution in [0.2, 0.25) is 0 Å². The number of aromatic nitrogens is 1. The van der Waals surface area contributed by atoms with Crippen LogP contribution in [-0.2, 0) is 9.53 Å². The summed E-state index contributed by atoms with van der Waals surface area (Å²) >= 11 is 1.53. The minimum Gasteiger partial charge on any atom is -0.506 e. The topological polar surface area (TPSA) is 74.8 Å². The molecular formula is C27H30N3O3S+. The Morgan fingerprint density at radius 1 is 1.09 bits per heavy atom. The van der Waals surface area contributed by atoms with E-state index in [2.05, 4.69) is 23.4 Å². The lowest BCUT2D eigenvalue weighted by Gasteiger charge is -2.19. The highest BCUT2D eigenvalue weighted by atomic mass is 32.1. The summed E-state index contributed by atoms with van der Waals surface area (Å²) in [5.41, 5.74) is 1.85. The van der Waals surface area contributed by atoms with E-state index in [1.165, 1.54) is 11.3 Å². The molecule has 2 heterocycles. The molecule has 0 amide bonds. The van der Waals surface area contributed by atoms with Gasteiger partial charge in [0.25, 0.3) is 0 Å². The highest BCUT2D eigenvalue weighted by molar-refractivity contribution is 7.12. The summed E-state index contributed by atoms with van der Waals surface area (Å²) in [6, 6.07) is 10.1. The average Bonchev–Trinajstić information content (AvgIpc) is 3.46. The molecule has 0 saturated carbocycles. The number of benzene rings is 1. The van der Waals surface area contributed by atoms with Crippen molar-refractivity contribution in [3.63, 3.8) is 0 Å². The van der Waals surface area contributed by atoms with Crippen molar-refractivity contribution in [2.45, 2.75) is 46.5 Å². The van der Waals surface area contributed by atoms with Crippen molar-refractivity contribution >= 4 is 34.9 Å². The molecule has 4 rings (SSSR count). The van der Waals surface area contributed by atoms with E-state index < -0.39 is 0 Å². The van der Waals surface area contributed by atoms with Crippen LogP contribution in [0.4, 0.5) is 0 Å². The first-order valence-electron chi connectivity index (χ1n) is 11.8. The SMILES string of the molecule is CCCC[N+](CCCC)=C1N=C(c2ccccc2)C(=C2C(=O)C(/C=C/c3ncc(C)s3)=C2O)O1. The number of ketones is 1. The van der Waals surface area contributed by atoms with Crippen molar-refractivity contribution in [3.05, 3.63) is 80.7 Å². The zero-order valence-corrected chi connectivity index (χ0v) is 20.7. The Hall–Kier alpha value is -3.32. The number of amidine groups is 1. The van der Waals surface area contributed by atoms with E-state index in [-0.39, 0.29) is 22.7 Å². The first-order valence-corrected chi connectivity index (χ1v) is 12.6. The molecule has 6 nitrogen and oxygen atoms in total. The largest absolute Gasteiger partial charge is 0.506 e. The summed E-state index contributed by atoms with van der Waals surface area (Å²) in [7, 11) is 0. The van der Waals surface area contributed by atoms with Crippen LogP contribution < -0.4 is 0 Å². The number of aliphatic hydroxyl groups excluding tert-OH is 1. The Morgan fingerprint density at radius 2 is 1.79 bits per heavy atom. The lowest BCUT2D eigenvalue weighted by Crippen LogP contribution is -2.26. The lowest BCUT2D eigenvalue weighted by molar-refractivity contribution is -0.537. The third-order valence-electron chi connectivity index (χ3n) is 5.72. The molecule has 0 fully saturated rings. The quantitative estimate of drug-likeness (QED) is 0.377. The van der Waals surface area contributed by atoms with Gasteiger partial charge in [-0.3, -0.25) is 4.79 Å². The van der Waals surface area contributed by atoms with Crippen molar-refractivity contribution in [2.24, 2.45) is 4.99 Å². The molecule has 7 heteroatoms. The van der Waals surface area contributed by atoms with E-state index >= 15 is 0 Å². The van der Waals surface area contributed by atoms with Crippen molar-refractivity contribution in [3.8, 4) is 0 Å². The predicted octanol–water partition coefficient (Wildman–Crippen LogP) is 5.60. The van der Waals surface area contributed by atoms with E-state index in [0.29, 0.717) is 17.5 Å². The summed E-state index contributed by atoms with van der Waals surface area (Å²) in [6.45, 7) is 7.95. The Labute approximate surface area is 204 Å². The Morgan fingerprint density at radius 3 is 2.38 bits per heavy atom. The number of unbranched alkanes of at least 4 members (excludes halogenated alkanes) is 2. The Balaban J connectivity index is 1.74. The molecular weight excluding hydrogens is 446 g/mol. The van der Waals surface area contributed by atoms with Gasteiger partial charge >= 0.3 is 6.02 Å². The smallest absolute Gasteiger partial charge is 0.499 e. The van der Waals surface area contributed by atoms with Gasteiger partial charge in [0.15, 0.2) is 0 Å². The number of nitrogens with zero attached hydrogens (tertiary/aromatic N) is 3. The maximum absolute atomic E-state index is 13.1. The molecule has 1 aromatic carbocycles. The summed E-state index contributed by atoms with van der Waals surface area (Å²) in [4.78, 5) is 23.2. The second kappa shape index (κ2) is 10.7. The van der Waals surface area contributed by atoms with Gasteiger partial charge in [0.1, 0.15) is 16.3 Å². The van der Waals surface area contributed by atoms with E-state index in [4.69, 9.17) is 9.73 Å². The predicted molar refractivity (Wildman–Crippen MR) is 136 cm³/mol. The number of rotatable bonds is 9. The second-order valence-corrected chi connectivity index (χ2v) is 9.61. The number of aliphatic hydroxyl groups is 1. The van der Waals surface area contributed by atoms with Crippen LogP contribution >= 0.6 is 11.3 Å². The number of hydrogen-bond donors (Lipinski definition) is 1. The van der Waals surface area contributed by atoms with Crippen LogP contribution in [-0.4, -0.2) is 45.3 Å². The monoisotopic (exact) mass is 476 g/mol. The summed E-state index contributed by atoms with van der Waals surface area (Å²) in [5.74, 6) is 0.00240. The van der Waals surface area contributed by atoms with Crippen LogP contribution in [0.25, 0.3) is 6.08 Å². The molecule has 1 N–H and O–H groups in total. The van der Waals surface area contributed by atoms with Crippen molar-refractivity contribution in [2.75, 3.05) is 13.1 Å². The zero-order chi connectivity index (χ0) is 24.1. The van der Waals surface area contributed by atoms with Gasteiger partial charge in [-0.25, -0.2) is 9.56 Å².